The van der Waals surface area contributed by atoms with E-state index >= 15 is 0 Å². The van der Waals surface area contributed by atoms with Gasteiger partial charge in [-0.05, 0) is 42.3 Å². The summed E-state index contributed by atoms with van der Waals surface area (Å²) >= 11 is 1.76. The standard InChI is InChI=1S/C24H23N3OS/c1-18-12-13-21-23(14-18)29-24(27(21)17-19-8-4-3-5-9-19)16-26-25-15-20-10-6-7-11-22(20)28-2/h3-16,26H,17H2,1-2H3/b24-16-,25-15+. The number of aryl methyl sites for hydroxylation is 1. The van der Waals surface area contributed by atoms with Crippen LogP contribution in [0.15, 0.2) is 94.0 Å². The second kappa shape index (κ2) is 8.88. The maximum Gasteiger partial charge on any atom is 0.127 e. The molecule has 1 heterocycles. The molecular weight excluding hydrogens is 378 g/mol. The number of para-hydroxylation sites is 1. The summed E-state index contributed by atoms with van der Waals surface area (Å²) in [6.07, 6.45) is 3.73. The Bertz CT molecular complexity index is 1050. The largest absolute Gasteiger partial charge is 0.496 e. The molecule has 3 aromatic carbocycles. The Kier molecular flexibility index (Phi) is 5.86. The van der Waals surface area contributed by atoms with Crippen molar-refractivity contribution in [2.75, 3.05) is 12.0 Å². The lowest BCUT2D eigenvalue weighted by molar-refractivity contribution is 0.414. The highest BCUT2D eigenvalue weighted by Crippen LogP contribution is 2.46. The highest BCUT2D eigenvalue weighted by atomic mass is 32.2. The van der Waals surface area contributed by atoms with Crippen LogP contribution in [0.1, 0.15) is 16.7 Å². The zero-order valence-electron chi connectivity index (χ0n) is 16.5. The molecule has 0 aromatic heterocycles. The lowest BCUT2D eigenvalue weighted by atomic mass is 10.2. The number of anilines is 1. The Hall–Kier alpha value is -3.18. The van der Waals surface area contributed by atoms with Gasteiger partial charge in [-0.1, -0.05) is 60.3 Å². The topological polar surface area (TPSA) is 36.9 Å². The normalized spacial score (nSPS) is 14.4. The first-order chi connectivity index (χ1) is 14.2. The van der Waals surface area contributed by atoms with E-state index in [1.54, 1.807) is 25.1 Å². The fraction of sp³-hybridized carbons (Fsp3) is 0.125. The van der Waals surface area contributed by atoms with Crippen molar-refractivity contribution < 1.29 is 4.74 Å². The van der Waals surface area contributed by atoms with Crippen LogP contribution in [0, 0.1) is 6.92 Å². The van der Waals surface area contributed by atoms with Crippen molar-refractivity contribution in [2.24, 2.45) is 5.10 Å². The van der Waals surface area contributed by atoms with Gasteiger partial charge in [-0.25, -0.2) is 0 Å². The molecule has 0 amide bonds. The van der Waals surface area contributed by atoms with Gasteiger partial charge in [0.2, 0.25) is 0 Å². The molecule has 146 valence electrons. The molecular formula is C24H23N3OS. The third-order valence-electron chi connectivity index (χ3n) is 4.68. The molecule has 1 aliphatic heterocycles. The lowest BCUT2D eigenvalue weighted by Gasteiger charge is -2.20. The predicted octanol–water partition coefficient (Wildman–Crippen LogP) is 5.54. The zero-order valence-corrected chi connectivity index (χ0v) is 17.3. The summed E-state index contributed by atoms with van der Waals surface area (Å²) in [5.74, 6) is 0.800. The molecule has 0 spiro atoms. The van der Waals surface area contributed by atoms with Crippen LogP contribution >= 0.6 is 11.8 Å². The molecule has 0 bridgehead atoms. The van der Waals surface area contributed by atoms with Crippen LogP contribution < -0.4 is 15.1 Å². The van der Waals surface area contributed by atoms with Crippen molar-refractivity contribution in [1.82, 2.24) is 5.43 Å². The number of benzene rings is 3. The number of ether oxygens (including phenoxy) is 1. The van der Waals surface area contributed by atoms with Gasteiger partial charge in [-0.15, -0.1) is 0 Å². The van der Waals surface area contributed by atoms with E-state index in [2.05, 4.69) is 64.8 Å². The summed E-state index contributed by atoms with van der Waals surface area (Å²) in [7, 11) is 1.66. The highest BCUT2D eigenvalue weighted by molar-refractivity contribution is 8.03. The fourth-order valence-electron chi connectivity index (χ4n) is 3.22. The number of hydrazone groups is 1. The summed E-state index contributed by atoms with van der Waals surface area (Å²) in [6, 6.07) is 24.9. The molecule has 1 N–H and O–H groups in total. The number of hydrogen-bond acceptors (Lipinski definition) is 5. The second-order valence-electron chi connectivity index (χ2n) is 6.76. The number of fused-ring (bicyclic) bond motifs is 1. The van der Waals surface area contributed by atoms with E-state index < -0.39 is 0 Å². The SMILES string of the molecule is COc1ccccc1/C=N/N/C=C1\Sc2cc(C)ccc2N1Cc1ccccc1. The fourth-order valence-corrected chi connectivity index (χ4v) is 4.36. The Labute approximate surface area is 175 Å². The van der Waals surface area contributed by atoms with Gasteiger partial charge < -0.3 is 9.64 Å². The summed E-state index contributed by atoms with van der Waals surface area (Å²) in [4.78, 5) is 3.59. The molecule has 0 saturated heterocycles. The van der Waals surface area contributed by atoms with Crippen LogP contribution in [-0.2, 0) is 6.54 Å². The predicted molar refractivity (Wildman–Crippen MR) is 121 cm³/mol. The van der Waals surface area contributed by atoms with Crippen LogP contribution in [0.4, 0.5) is 5.69 Å². The molecule has 0 atom stereocenters. The van der Waals surface area contributed by atoms with E-state index in [4.69, 9.17) is 4.74 Å². The minimum atomic E-state index is 0.800. The van der Waals surface area contributed by atoms with E-state index in [0.29, 0.717) is 0 Å². The summed E-state index contributed by atoms with van der Waals surface area (Å²) in [5.41, 5.74) is 7.77. The Morgan fingerprint density at radius 1 is 1.03 bits per heavy atom. The van der Waals surface area contributed by atoms with Crippen LogP contribution in [-0.4, -0.2) is 13.3 Å². The van der Waals surface area contributed by atoms with Gasteiger partial charge in [-0.2, -0.15) is 5.10 Å². The molecule has 1 aliphatic rings. The number of hydrogen-bond donors (Lipinski definition) is 1. The highest BCUT2D eigenvalue weighted by Gasteiger charge is 2.25. The van der Waals surface area contributed by atoms with Crippen molar-refractivity contribution in [3.63, 3.8) is 0 Å². The molecule has 0 saturated carbocycles. The van der Waals surface area contributed by atoms with Crippen LogP contribution in [0.5, 0.6) is 5.75 Å². The lowest BCUT2D eigenvalue weighted by Crippen LogP contribution is -2.18. The maximum atomic E-state index is 5.37. The van der Waals surface area contributed by atoms with E-state index in [1.807, 2.05) is 36.5 Å². The molecule has 4 nitrogen and oxygen atoms in total. The van der Waals surface area contributed by atoms with Crippen LogP contribution in [0.2, 0.25) is 0 Å². The molecule has 29 heavy (non-hydrogen) atoms. The minimum absolute atomic E-state index is 0.800. The van der Waals surface area contributed by atoms with Crippen molar-refractivity contribution in [2.45, 2.75) is 18.4 Å². The number of thioether (sulfide) groups is 1. The smallest absolute Gasteiger partial charge is 0.127 e. The Morgan fingerprint density at radius 3 is 2.66 bits per heavy atom. The molecule has 0 aliphatic carbocycles. The molecule has 0 fully saturated rings. The summed E-state index contributed by atoms with van der Waals surface area (Å²) in [5, 5.41) is 5.48. The number of nitrogens with zero attached hydrogens (tertiary/aromatic N) is 2. The molecule has 3 aromatic rings. The quantitative estimate of drug-likeness (QED) is 0.435. The Morgan fingerprint density at radius 2 is 1.83 bits per heavy atom. The minimum Gasteiger partial charge on any atom is -0.496 e. The first kappa shape index (κ1) is 19.2. The molecule has 4 rings (SSSR count). The van der Waals surface area contributed by atoms with Gasteiger partial charge in [0.1, 0.15) is 5.75 Å². The molecule has 5 heteroatoms. The Balaban J connectivity index is 1.55. The van der Waals surface area contributed by atoms with Crippen LogP contribution in [0.25, 0.3) is 0 Å². The number of rotatable bonds is 6. The molecule has 0 unspecified atom stereocenters. The third-order valence-corrected chi connectivity index (χ3v) is 5.77. The van der Waals surface area contributed by atoms with Gasteiger partial charge in [0.05, 0.1) is 30.2 Å². The van der Waals surface area contributed by atoms with Crippen molar-refractivity contribution in [1.29, 1.82) is 0 Å². The summed E-state index contributed by atoms with van der Waals surface area (Å²) < 4.78 is 5.37. The van der Waals surface area contributed by atoms with Crippen molar-refractivity contribution >= 4 is 23.7 Å². The molecule has 0 radical (unpaired) electrons. The average Bonchev–Trinajstić information content (AvgIpc) is 3.08. The summed E-state index contributed by atoms with van der Waals surface area (Å²) in [6.45, 7) is 2.94. The monoisotopic (exact) mass is 401 g/mol. The van der Waals surface area contributed by atoms with Gasteiger partial charge in [-0.3, -0.25) is 5.43 Å². The average molecular weight is 402 g/mol. The first-order valence-corrected chi connectivity index (χ1v) is 10.3. The number of methoxy groups -OCH3 is 1. The van der Waals surface area contributed by atoms with Gasteiger partial charge in [0.15, 0.2) is 0 Å². The number of nitrogens with one attached hydrogen (secondary N) is 1. The van der Waals surface area contributed by atoms with E-state index in [-0.39, 0.29) is 0 Å². The first-order valence-electron chi connectivity index (χ1n) is 9.46. The maximum absolute atomic E-state index is 5.37. The van der Waals surface area contributed by atoms with Crippen molar-refractivity contribution in [3.8, 4) is 5.75 Å². The van der Waals surface area contributed by atoms with E-state index in [0.717, 1.165) is 22.9 Å². The van der Waals surface area contributed by atoms with Gasteiger partial charge in [0.25, 0.3) is 0 Å². The van der Waals surface area contributed by atoms with Gasteiger partial charge >= 0.3 is 0 Å². The van der Waals surface area contributed by atoms with E-state index in [1.165, 1.54) is 21.7 Å². The second-order valence-corrected chi connectivity index (χ2v) is 7.82. The van der Waals surface area contributed by atoms with Gasteiger partial charge in [0, 0.05) is 17.0 Å². The zero-order chi connectivity index (χ0) is 20.1. The van der Waals surface area contributed by atoms with E-state index in [9.17, 15) is 0 Å². The third kappa shape index (κ3) is 4.46. The van der Waals surface area contributed by atoms with Crippen LogP contribution in [0.3, 0.4) is 0 Å². The van der Waals surface area contributed by atoms with Crippen molar-refractivity contribution in [3.05, 3.63) is 101 Å².